The molecule has 12 heteroatoms. The van der Waals surface area contributed by atoms with Gasteiger partial charge in [-0.05, 0) is 65.2 Å². The molecule has 4 aromatic heterocycles. The molecule has 0 aliphatic carbocycles. The van der Waals surface area contributed by atoms with E-state index >= 15 is 0 Å². The van der Waals surface area contributed by atoms with Gasteiger partial charge in [0, 0.05) is 35.1 Å². The quantitative estimate of drug-likeness (QED) is 0.179. The number of H-pyrrole nitrogens is 2. The number of sulfonamides is 1. The van der Waals surface area contributed by atoms with Gasteiger partial charge in [-0.2, -0.15) is 5.10 Å². The van der Waals surface area contributed by atoms with E-state index < -0.39 is 15.8 Å². The minimum Gasteiger partial charge on any atom is -0.353 e. The molecule has 0 atom stereocenters. The third-order valence-electron chi connectivity index (χ3n) is 6.96. The van der Waals surface area contributed by atoms with E-state index in [0.29, 0.717) is 39.4 Å². The lowest BCUT2D eigenvalue weighted by molar-refractivity contribution is -0.118. The SMILES string of the molecule is CC(C)C(=O)Nc1cncc(-c2ccc3[nH]nc(-c4cc5c(-c6cc(F)cc(CNS(C)(=O)=O)c6)cccc5[nH]4)c3n2)c1. The Morgan fingerprint density at radius 2 is 1.84 bits per heavy atom. The summed E-state index contributed by atoms with van der Waals surface area (Å²) in [7, 11) is -3.43. The predicted octanol–water partition coefficient (Wildman–Crippen LogP) is 5.62. The fraction of sp³-hybridized carbons (Fsp3) is 0.161. The average Bonchev–Trinajstić information content (AvgIpc) is 3.59. The van der Waals surface area contributed by atoms with Crippen molar-refractivity contribution in [1.82, 2.24) is 29.9 Å². The van der Waals surface area contributed by atoms with Crippen molar-refractivity contribution in [1.29, 1.82) is 0 Å². The van der Waals surface area contributed by atoms with Gasteiger partial charge >= 0.3 is 0 Å². The number of rotatable bonds is 8. The van der Waals surface area contributed by atoms with E-state index in [0.717, 1.165) is 33.8 Å². The maximum Gasteiger partial charge on any atom is 0.226 e. The topological polar surface area (TPSA) is 146 Å². The van der Waals surface area contributed by atoms with Crippen molar-refractivity contribution in [2.75, 3.05) is 11.6 Å². The molecule has 43 heavy (non-hydrogen) atoms. The number of hydrogen-bond acceptors (Lipinski definition) is 6. The Kier molecular flexibility index (Phi) is 7.24. The number of pyridine rings is 2. The lowest BCUT2D eigenvalue weighted by atomic mass is 9.99. The number of nitrogens with zero attached hydrogens (tertiary/aromatic N) is 3. The molecule has 0 radical (unpaired) electrons. The standard InChI is InChI=1S/C31H28FN7O3S/c1-17(2)31(40)35-22-12-20(15-33-16-22)25-7-8-27-29(37-25)30(39-38-27)28-13-24-23(5-4-6-26(24)36-28)19-9-18(10-21(32)11-19)14-34-43(3,41)42/h4-13,15-17,34,36H,14H2,1-3H3,(H,35,40)(H,38,39). The predicted molar refractivity (Wildman–Crippen MR) is 165 cm³/mol. The molecular weight excluding hydrogens is 569 g/mol. The van der Waals surface area contributed by atoms with Crippen LogP contribution >= 0.6 is 0 Å². The van der Waals surface area contributed by atoms with Crippen LogP contribution in [0, 0.1) is 11.7 Å². The fourth-order valence-electron chi connectivity index (χ4n) is 4.84. The summed E-state index contributed by atoms with van der Waals surface area (Å²) in [6, 6.07) is 17.7. The van der Waals surface area contributed by atoms with Gasteiger partial charge in [-0.25, -0.2) is 22.5 Å². The van der Waals surface area contributed by atoms with Gasteiger partial charge in [-0.1, -0.05) is 26.0 Å². The summed E-state index contributed by atoms with van der Waals surface area (Å²) in [5.74, 6) is -0.728. The molecule has 0 saturated heterocycles. The summed E-state index contributed by atoms with van der Waals surface area (Å²) < 4.78 is 40.1. The molecule has 4 heterocycles. The molecule has 10 nitrogen and oxygen atoms in total. The highest BCUT2D eigenvalue weighted by atomic mass is 32.2. The Bertz CT molecular complexity index is 2120. The number of carbonyl (C=O) groups is 1. The second-order valence-electron chi connectivity index (χ2n) is 10.7. The second kappa shape index (κ2) is 11.0. The summed E-state index contributed by atoms with van der Waals surface area (Å²) in [6.45, 7) is 3.63. The molecule has 0 unspecified atom stereocenters. The van der Waals surface area contributed by atoms with Gasteiger partial charge in [0.25, 0.3) is 0 Å². The normalized spacial score (nSPS) is 11.9. The Morgan fingerprint density at radius 3 is 2.63 bits per heavy atom. The third kappa shape index (κ3) is 6.01. The molecule has 4 N–H and O–H groups in total. The van der Waals surface area contributed by atoms with Crippen molar-refractivity contribution < 1.29 is 17.6 Å². The number of anilines is 1. The highest BCUT2D eigenvalue weighted by Crippen LogP contribution is 2.35. The Hall–Kier alpha value is -4.94. The Morgan fingerprint density at radius 1 is 1.00 bits per heavy atom. The van der Waals surface area contributed by atoms with Crippen LogP contribution < -0.4 is 10.0 Å². The number of fused-ring (bicyclic) bond motifs is 2. The Balaban J connectivity index is 1.38. The molecule has 1 amide bonds. The first kappa shape index (κ1) is 28.2. The number of aromatic nitrogens is 5. The monoisotopic (exact) mass is 597 g/mol. The van der Waals surface area contributed by atoms with Gasteiger partial charge in [0.2, 0.25) is 15.9 Å². The fourth-order valence-corrected chi connectivity index (χ4v) is 5.27. The van der Waals surface area contributed by atoms with Crippen LogP contribution in [0.15, 0.2) is 73.1 Å². The van der Waals surface area contributed by atoms with Gasteiger partial charge in [0.1, 0.15) is 17.0 Å². The van der Waals surface area contributed by atoms with E-state index in [1.807, 2.05) is 56.3 Å². The number of hydrogen-bond donors (Lipinski definition) is 4. The number of carbonyl (C=O) groups excluding carboxylic acids is 1. The zero-order valence-electron chi connectivity index (χ0n) is 23.6. The number of amides is 1. The largest absolute Gasteiger partial charge is 0.353 e. The maximum absolute atomic E-state index is 14.6. The summed E-state index contributed by atoms with van der Waals surface area (Å²) in [4.78, 5) is 24.7. The van der Waals surface area contributed by atoms with Crippen molar-refractivity contribution >= 4 is 43.6 Å². The van der Waals surface area contributed by atoms with Gasteiger partial charge in [-0.3, -0.25) is 14.9 Å². The van der Waals surface area contributed by atoms with Crippen molar-refractivity contribution in [3.63, 3.8) is 0 Å². The highest BCUT2D eigenvalue weighted by Gasteiger charge is 2.17. The highest BCUT2D eigenvalue weighted by molar-refractivity contribution is 7.88. The lowest BCUT2D eigenvalue weighted by Crippen LogP contribution is -2.21. The lowest BCUT2D eigenvalue weighted by Gasteiger charge is -2.08. The van der Waals surface area contributed by atoms with Crippen molar-refractivity contribution in [3.8, 4) is 33.8 Å². The van der Waals surface area contributed by atoms with Crippen molar-refractivity contribution in [3.05, 3.63) is 84.4 Å². The number of nitrogens with one attached hydrogen (secondary N) is 4. The van der Waals surface area contributed by atoms with E-state index in [1.165, 1.54) is 12.1 Å². The van der Waals surface area contributed by atoms with Gasteiger partial charge in [-0.15, -0.1) is 0 Å². The molecule has 2 aromatic carbocycles. The maximum atomic E-state index is 14.6. The van der Waals surface area contributed by atoms with E-state index in [9.17, 15) is 17.6 Å². The first-order valence-corrected chi connectivity index (χ1v) is 15.4. The molecule has 218 valence electrons. The van der Waals surface area contributed by atoms with Crippen LogP contribution in [-0.2, 0) is 21.4 Å². The van der Waals surface area contributed by atoms with Crippen LogP contribution in [0.4, 0.5) is 10.1 Å². The van der Waals surface area contributed by atoms with E-state index in [1.54, 1.807) is 18.5 Å². The van der Waals surface area contributed by atoms with Crippen LogP contribution in [0.25, 0.3) is 55.7 Å². The second-order valence-corrected chi connectivity index (χ2v) is 12.5. The number of aromatic amines is 2. The molecule has 0 saturated carbocycles. The molecule has 6 aromatic rings. The summed E-state index contributed by atoms with van der Waals surface area (Å²) >= 11 is 0. The molecule has 0 fully saturated rings. The van der Waals surface area contributed by atoms with Crippen LogP contribution in [0.5, 0.6) is 0 Å². The molecule has 6 rings (SSSR count). The summed E-state index contributed by atoms with van der Waals surface area (Å²) in [5.41, 5.74) is 7.40. The van der Waals surface area contributed by atoms with E-state index in [4.69, 9.17) is 4.98 Å². The third-order valence-corrected chi connectivity index (χ3v) is 7.63. The molecule has 0 bridgehead atoms. The van der Waals surface area contributed by atoms with Crippen LogP contribution in [0.3, 0.4) is 0 Å². The minimum absolute atomic E-state index is 0.0201. The molecule has 0 aliphatic rings. The van der Waals surface area contributed by atoms with Crippen LogP contribution in [0.1, 0.15) is 19.4 Å². The first-order valence-electron chi connectivity index (χ1n) is 13.5. The van der Waals surface area contributed by atoms with Crippen LogP contribution in [-0.4, -0.2) is 45.7 Å². The summed E-state index contributed by atoms with van der Waals surface area (Å²) in [5, 5.41) is 11.3. The zero-order chi connectivity index (χ0) is 30.3. The van der Waals surface area contributed by atoms with Crippen LogP contribution in [0.2, 0.25) is 0 Å². The Labute approximate surface area is 246 Å². The van der Waals surface area contributed by atoms with Gasteiger partial charge < -0.3 is 10.3 Å². The smallest absolute Gasteiger partial charge is 0.226 e. The van der Waals surface area contributed by atoms with E-state index in [-0.39, 0.29) is 18.4 Å². The first-order chi connectivity index (χ1) is 20.5. The molecular formula is C31H28FN7O3S. The van der Waals surface area contributed by atoms with Gasteiger partial charge in [0.05, 0.1) is 35.0 Å². The van der Waals surface area contributed by atoms with Crippen molar-refractivity contribution in [2.24, 2.45) is 5.92 Å². The minimum atomic E-state index is -3.43. The van der Waals surface area contributed by atoms with E-state index in [2.05, 4.69) is 30.2 Å². The molecule has 0 aliphatic heterocycles. The zero-order valence-corrected chi connectivity index (χ0v) is 24.4. The molecule has 0 spiro atoms. The average molecular weight is 598 g/mol. The number of benzene rings is 2. The number of halogens is 1. The summed E-state index contributed by atoms with van der Waals surface area (Å²) in [6.07, 6.45) is 4.34. The van der Waals surface area contributed by atoms with Gasteiger partial charge in [0.15, 0.2) is 0 Å². The van der Waals surface area contributed by atoms with Crippen molar-refractivity contribution in [2.45, 2.75) is 20.4 Å².